The third-order valence-electron chi connectivity index (χ3n) is 6.12. The van der Waals surface area contributed by atoms with Gasteiger partial charge in [-0.25, -0.2) is 0 Å². The van der Waals surface area contributed by atoms with Gasteiger partial charge in [-0.05, 0) is 61.7 Å². The summed E-state index contributed by atoms with van der Waals surface area (Å²) in [5.74, 6) is 5.70. The molecule has 0 radical (unpaired) electrons. The molecule has 0 spiro atoms. The highest BCUT2D eigenvalue weighted by Gasteiger charge is 2.37. The molecule has 0 amide bonds. The van der Waals surface area contributed by atoms with E-state index in [1.54, 1.807) is 0 Å². The summed E-state index contributed by atoms with van der Waals surface area (Å²) < 4.78 is 0. The molecule has 124 valence electrons. The zero-order valence-corrected chi connectivity index (χ0v) is 15.6. The van der Waals surface area contributed by atoms with Crippen LogP contribution in [0.15, 0.2) is 12.2 Å². The molecule has 0 nitrogen and oxygen atoms in total. The summed E-state index contributed by atoms with van der Waals surface area (Å²) in [5.41, 5.74) is 0. The second kappa shape index (κ2) is 9.70. The molecule has 5 atom stereocenters. The molecule has 0 saturated heterocycles. The highest BCUT2D eigenvalue weighted by molar-refractivity contribution is 4.94. The molecule has 1 fully saturated rings. The van der Waals surface area contributed by atoms with Gasteiger partial charge in [0, 0.05) is 0 Å². The molecule has 5 unspecified atom stereocenters. The molecule has 0 bridgehead atoms. The van der Waals surface area contributed by atoms with Gasteiger partial charge in [0.2, 0.25) is 0 Å². The fourth-order valence-electron chi connectivity index (χ4n) is 3.79. The molecule has 1 saturated carbocycles. The van der Waals surface area contributed by atoms with Crippen molar-refractivity contribution in [2.75, 3.05) is 0 Å². The van der Waals surface area contributed by atoms with Crippen molar-refractivity contribution in [2.24, 2.45) is 35.5 Å². The topological polar surface area (TPSA) is 0 Å². The molecule has 1 aliphatic carbocycles. The Balaban J connectivity index is 2.22. The lowest BCUT2D eigenvalue weighted by Gasteiger charge is -2.24. The van der Waals surface area contributed by atoms with Crippen LogP contribution in [0.25, 0.3) is 0 Å². The average molecular weight is 293 g/mol. The molecule has 0 aromatic rings. The number of hydrogen-bond donors (Lipinski definition) is 0. The van der Waals surface area contributed by atoms with Crippen molar-refractivity contribution >= 4 is 0 Å². The van der Waals surface area contributed by atoms with Crippen molar-refractivity contribution in [2.45, 2.75) is 86.5 Å². The Kier molecular flexibility index (Phi) is 8.67. The molecule has 0 aliphatic heterocycles. The Labute approximate surface area is 134 Å². The Hall–Kier alpha value is -0.260. The lowest BCUT2D eigenvalue weighted by molar-refractivity contribution is 0.271. The van der Waals surface area contributed by atoms with Gasteiger partial charge in [0.1, 0.15) is 0 Å². The predicted octanol–water partition coefficient (Wildman–Crippen LogP) is 7.10. The molecule has 0 N–H and O–H groups in total. The minimum absolute atomic E-state index is 0.848. The molecule has 1 rings (SSSR count). The van der Waals surface area contributed by atoms with Crippen LogP contribution >= 0.6 is 0 Å². The maximum absolute atomic E-state index is 2.52. The normalized spacial score (nSPS) is 26.2. The molecule has 21 heavy (non-hydrogen) atoms. The first-order valence-corrected chi connectivity index (χ1v) is 9.60. The third kappa shape index (κ3) is 7.02. The van der Waals surface area contributed by atoms with Crippen LogP contribution < -0.4 is 0 Å². The molecule has 0 aromatic carbocycles. The van der Waals surface area contributed by atoms with Crippen LogP contribution in [0.1, 0.15) is 86.5 Å². The van der Waals surface area contributed by atoms with E-state index in [4.69, 9.17) is 0 Å². The summed E-state index contributed by atoms with van der Waals surface area (Å²) in [6, 6.07) is 0. The van der Waals surface area contributed by atoms with Gasteiger partial charge < -0.3 is 0 Å². The summed E-state index contributed by atoms with van der Waals surface area (Å²) >= 11 is 0. The highest BCUT2D eigenvalue weighted by Crippen LogP contribution is 2.47. The van der Waals surface area contributed by atoms with Crippen molar-refractivity contribution in [1.29, 1.82) is 0 Å². The van der Waals surface area contributed by atoms with E-state index in [-0.39, 0.29) is 0 Å². The Morgan fingerprint density at radius 1 is 1.00 bits per heavy atom. The summed E-state index contributed by atoms with van der Waals surface area (Å²) in [6.45, 7) is 14.2. The molecule has 0 heterocycles. The van der Waals surface area contributed by atoms with Crippen molar-refractivity contribution in [3.63, 3.8) is 0 Å². The van der Waals surface area contributed by atoms with Crippen molar-refractivity contribution < 1.29 is 0 Å². The molecular formula is C21H40. The molecule has 0 heteroatoms. The van der Waals surface area contributed by atoms with Crippen LogP contribution in [0.5, 0.6) is 0 Å². The summed E-state index contributed by atoms with van der Waals surface area (Å²) in [7, 11) is 0. The molecule has 0 aromatic heterocycles. The summed E-state index contributed by atoms with van der Waals surface area (Å²) in [4.78, 5) is 0. The van der Waals surface area contributed by atoms with E-state index < -0.39 is 0 Å². The first kappa shape index (κ1) is 18.8. The van der Waals surface area contributed by atoms with Crippen LogP contribution in [0, 0.1) is 35.5 Å². The predicted molar refractivity (Wildman–Crippen MR) is 96.4 cm³/mol. The van der Waals surface area contributed by atoms with E-state index >= 15 is 0 Å². The van der Waals surface area contributed by atoms with E-state index in [9.17, 15) is 0 Å². The van der Waals surface area contributed by atoms with Crippen LogP contribution in [0.2, 0.25) is 0 Å². The van der Waals surface area contributed by atoms with Crippen molar-refractivity contribution in [1.82, 2.24) is 0 Å². The second-order valence-electron chi connectivity index (χ2n) is 8.09. The van der Waals surface area contributed by atoms with Crippen LogP contribution in [-0.2, 0) is 0 Å². The first-order chi connectivity index (χ1) is 9.99. The van der Waals surface area contributed by atoms with Crippen molar-refractivity contribution in [3.8, 4) is 0 Å². The van der Waals surface area contributed by atoms with Gasteiger partial charge in [-0.2, -0.15) is 0 Å². The summed E-state index contributed by atoms with van der Waals surface area (Å²) in [5, 5.41) is 0. The molecular weight excluding hydrogens is 252 g/mol. The number of hydrogen-bond acceptors (Lipinski definition) is 0. The Morgan fingerprint density at radius 3 is 2.29 bits per heavy atom. The highest BCUT2D eigenvalue weighted by atomic mass is 14.4. The lowest BCUT2D eigenvalue weighted by atomic mass is 9.82. The van der Waals surface area contributed by atoms with E-state index in [2.05, 4.69) is 53.7 Å². The quantitative estimate of drug-likeness (QED) is 0.356. The van der Waals surface area contributed by atoms with E-state index in [0.29, 0.717) is 0 Å². The van der Waals surface area contributed by atoms with E-state index in [1.807, 2.05) is 0 Å². The standard InChI is InChI=1S/C21H40/c1-7-9-12-20-15-21(20)14-18(6)19(8-2)13-10-11-17(5)16(3)4/h7,9,16-21H,8,10-15H2,1-6H3. The van der Waals surface area contributed by atoms with Gasteiger partial charge in [0.05, 0.1) is 0 Å². The zero-order valence-electron chi connectivity index (χ0n) is 15.6. The largest absolute Gasteiger partial charge is 0.0917 e. The first-order valence-electron chi connectivity index (χ1n) is 9.60. The van der Waals surface area contributed by atoms with Gasteiger partial charge in [-0.3, -0.25) is 0 Å². The van der Waals surface area contributed by atoms with Gasteiger partial charge in [0.15, 0.2) is 0 Å². The van der Waals surface area contributed by atoms with Crippen molar-refractivity contribution in [3.05, 3.63) is 12.2 Å². The maximum atomic E-state index is 2.52. The monoisotopic (exact) mass is 292 g/mol. The zero-order chi connectivity index (χ0) is 15.8. The average Bonchev–Trinajstić information content (AvgIpc) is 3.18. The number of rotatable bonds is 11. The Morgan fingerprint density at radius 2 is 1.71 bits per heavy atom. The van der Waals surface area contributed by atoms with Gasteiger partial charge in [-0.15, -0.1) is 0 Å². The maximum Gasteiger partial charge on any atom is -0.0320 e. The van der Waals surface area contributed by atoms with Gasteiger partial charge in [0.25, 0.3) is 0 Å². The number of allylic oxidation sites excluding steroid dienone is 2. The van der Waals surface area contributed by atoms with E-state index in [1.165, 1.54) is 44.9 Å². The lowest BCUT2D eigenvalue weighted by Crippen LogP contribution is -2.13. The van der Waals surface area contributed by atoms with Crippen LogP contribution in [0.3, 0.4) is 0 Å². The fourth-order valence-corrected chi connectivity index (χ4v) is 3.79. The SMILES string of the molecule is CC=CCC1CC1CC(C)C(CC)CCCC(C)C(C)C. The van der Waals surface area contributed by atoms with Gasteiger partial charge in [-0.1, -0.05) is 72.5 Å². The van der Waals surface area contributed by atoms with E-state index in [0.717, 1.165) is 35.5 Å². The minimum Gasteiger partial charge on any atom is -0.0917 e. The smallest absolute Gasteiger partial charge is 0.0320 e. The fraction of sp³-hybridized carbons (Fsp3) is 0.905. The summed E-state index contributed by atoms with van der Waals surface area (Å²) in [6.07, 6.45) is 14.6. The van der Waals surface area contributed by atoms with Crippen LogP contribution in [0.4, 0.5) is 0 Å². The van der Waals surface area contributed by atoms with Gasteiger partial charge >= 0.3 is 0 Å². The Bertz CT molecular complexity index is 288. The minimum atomic E-state index is 0.848. The van der Waals surface area contributed by atoms with Crippen LogP contribution in [-0.4, -0.2) is 0 Å². The third-order valence-corrected chi connectivity index (χ3v) is 6.12. The second-order valence-corrected chi connectivity index (χ2v) is 8.09. The molecule has 1 aliphatic rings.